The molecule has 0 aliphatic carbocycles. The first-order valence-corrected chi connectivity index (χ1v) is 5.46. The number of rotatable bonds is 2. The van der Waals surface area contributed by atoms with Gasteiger partial charge in [-0.1, -0.05) is 6.07 Å². The Balaban J connectivity index is 2.17. The summed E-state index contributed by atoms with van der Waals surface area (Å²) >= 11 is 0. The summed E-state index contributed by atoms with van der Waals surface area (Å²) in [4.78, 5) is 6.19. The smallest absolute Gasteiger partial charge is 0.134 e. The summed E-state index contributed by atoms with van der Waals surface area (Å²) in [7, 11) is 0. The lowest BCUT2D eigenvalue weighted by Gasteiger charge is -2.07. The highest BCUT2D eigenvalue weighted by molar-refractivity contribution is 5.79. The Bertz CT molecular complexity index is 557. The van der Waals surface area contributed by atoms with Crippen LogP contribution in [-0.4, -0.2) is 15.1 Å². The van der Waals surface area contributed by atoms with Gasteiger partial charge in [0.1, 0.15) is 5.75 Å². The molecule has 0 bridgehead atoms. The Hall–Kier alpha value is -2.42. The van der Waals surface area contributed by atoms with Gasteiger partial charge in [-0.15, -0.1) is 0 Å². The molecule has 3 rings (SSSR count). The minimum atomic E-state index is 0.289. The van der Waals surface area contributed by atoms with Gasteiger partial charge in [-0.05, 0) is 36.4 Å². The highest BCUT2D eigenvalue weighted by atomic mass is 16.3. The van der Waals surface area contributed by atoms with Gasteiger partial charge in [0.2, 0.25) is 0 Å². The summed E-state index contributed by atoms with van der Waals surface area (Å²) in [6.07, 6.45) is 3.69. The molecule has 3 nitrogen and oxygen atoms in total. The van der Waals surface area contributed by atoms with Gasteiger partial charge in [0.25, 0.3) is 0 Å². The second-order valence-corrected chi connectivity index (χ2v) is 3.87. The van der Waals surface area contributed by atoms with Crippen molar-refractivity contribution < 1.29 is 5.11 Å². The number of hydrogen-bond donors (Lipinski definition) is 3. The molecule has 3 heteroatoms. The largest absolute Gasteiger partial charge is 0.507 e. The zero-order chi connectivity index (χ0) is 11.7. The van der Waals surface area contributed by atoms with Crippen LogP contribution in [0.4, 0.5) is 0 Å². The van der Waals surface area contributed by atoms with Gasteiger partial charge in [0.15, 0.2) is 0 Å². The number of benzene rings is 1. The van der Waals surface area contributed by atoms with E-state index in [0.717, 1.165) is 22.5 Å². The maximum atomic E-state index is 10.3. The molecule has 0 atom stereocenters. The number of para-hydroxylation sites is 1. The van der Waals surface area contributed by atoms with E-state index in [2.05, 4.69) is 9.97 Å². The summed E-state index contributed by atoms with van der Waals surface area (Å²) in [5.41, 5.74) is 3.44. The first kappa shape index (κ1) is 9.78. The predicted molar refractivity (Wildman–Crippen MR) is 67.7 cm³/mol. The molecular formula is C14H12N2O. The Morgan fingerprint density at radius 3 is 1.65 bits per heavy atom. The highest BCUT2D eigenvalue weighted by Gasteiger charge is 2.11. The molecule has 0 saturated heterocycles. The standard InChI is InChI=1S/C14H12N2O/c17-14-10(12-6-2-8-15-12)4-1-5-11(14)13-7-3-9-16-13/h1-9,15-17H. The quantitative estimate of drug-likeness (QED) is 0.614. The van der Waals surface area contributed by atoms with E-state index < -0.39 is 0 Å². The van der Waals surface area contributed by atoms with Crippen LogP contribution >= 0.6 is 0 Å². The van der Waals surface area contributed by atoms with E-state index in [-0.39, 0.29) is 5.75 Å². The molecular weight excluding hydrogens is 212 g/mol. The van der Waals surface area contributed by atoms with E-state index in [9.17, 15) is 5.11 Å². The fourth-order valence-electron chi connectivity index (χ4n) is 1.97. The number of aromatic amines is 2. The van der Waals surface area contributed by atoms with Crippen molar-refractivity contribution in [3.05, 3.63) is 54.9 Å². The number of H-pyrrole nitrogens is 2. The van der Waals surface area contributed by atoms with E-state index in [4.69, 9.17) is 0 Å². The maximum absolute atomic E-state index is 10.3. The van der Waals surface area contributed by atoms with Crippen LogP contribution in [0.2, 0.25) is 0 Å². The average molecular weight is 224 g/mol. The molecule has 3 aromatic rings. The topological polar surface area (TPSA) is 51.8 Å². The number of nitrogens with one attached hydrogen (secondary N) is 2. The normalized spacial score (nSPS) is 10.6. The highest BCUT2D eigenvalue weighted by Crippen LogP contribution is 2.36. The molecule has 2 heterocycles. The van der Waals surface area contributed by atoms with Crippen LogP contribution in [0.3, 0.4) is 0 Å². The molecule has 17 heavy (non-hydrogen) atoms. The molecule has 3 N–H and O–H groups in total. The number of aromatic nitrogens is 2. The van der Waals surface area contributed by atoms with Gasteiger partial charge in [0.05, 0.1) is 0 Å². The average Bonchev–Trinajstić information content (AvgIpc) is 3.02. The molecule has 0 unspecified atom stereocenters. The molecule has 0 fully saturated rings. The molecule has 0 radical (unpaired) electrons. The minimum absolute atomic E-state index is 0.289. The number of phenols is 1. The summed E-state index contributed by atoms with van der Waals surface area (Å²) in [5, 5.41) is 10.3. The maximum Gasteiger partial charge on any atom is 0.134 e. The number of phenolic OH excluding ortho intramolecular Hbond substituents is 1. The van der Waals surface area contributed by atoms with Crippen LogP contribution in [0.25, 0.3) is 22.5 Å². The lowest BCUT2D eigenvalue weighted by Crippen LogP contribution is -1.83. The summed E-state index contributed by atoms with van der Waals surface area (Å²) in [6.45, 7) is 0. The van der Waals surface area contributed by atoms with E-state index in [1.165, 1.54) is 0 Å². The van der Waals surface area contributed by atoms with Crippen LogP contribution < -0.4 is 0 Å². The van der Waals surface area contributed by atoms with E-state index in [1.807, 2.05) is 54.9 Å². The lowest BCUT2D eigenvalue weighted by atomic mass is 10.0. The third kappa shape index (κ3) is 1.61. The van der Waals surface area contributed by atoms with E-state index in [0.29, 0.717) is 0 Å². The van der Waals surface area contributed by atoms with Crippen molar-refractivity contribution in [1.29, 1.82) is 0 Å². The van der Waals surface area contributed by atoms with Crippen molar-refractivity contribution >= 4 is 0 Å². The van der Waals surface area contributed by atoms with Crippen molar-refractivity contribution in [1.82, 2.24) is 9.97 Å². The molecule has 0 aliphatic heterocycles. The van der Waals surface area contributed by atoms with Crippen LogP contribution in [0.5, 0.6) is 5.75 Å². The number of hydrogen-bond acceptors (Lipinski definition) is 1. The fraction of sp³-hybridized carbons (Fsp3) is 0. The molecule has 1 aromatic carbocycles. The van der Waals surface area contributed by atoms with E-state index >= 15 is 0 Å². The second kappa shape index (κ2) is 3.87. The predicted octanol–water partition coefficient (Wildman–Crippen LogP) is 3.38. The summed E-state index contributed by atoms with van der Waals surface area (Å²) < 4.78 is 0. The summed E-state index contributed by atoms with van der Waals surface area (Å²) in [5.74, 6) is 0.289. The third-order valence-electron chi connectivity index (χ3n) is 2.81. The number of aromatic hydroxyl groups is 1. The summed E-state index contributed by atoms with van der Waals surface area (Å²) in [6, 6.07) is 13.4. The van der Waals surface area contributed by atoms with Gasteiger partial charge in [-0.2, -0.15) is 0 Å². The third-order valence-corrected chi connectivity index (χ3v) is 2.81. The first-order valence-electron chi connectivity index (χ1n) is 5.46. The van der Waals surface area contributed by atoms with Gasteiger partial charge in [-0.3, -0.25) is 0 Å². The molecule has 2 aromatic heterocycles. The zero-order valence-electron chi connectivity index (χ0n) is 9.14. The van der Waals surface area contributed by atoms with Gasteiger partial charge in [0, 0.05) is 34.9 Å². The Labute approximate surface area is 98.8 Å². The monoisotopic (exact) mass is 224 g/mol. The van der Waals surface area contributed by atoms with Gasteiger partial charge >= 0.3 is 0 Å². The van der Waals surface area contributed by atoms with Crippen molar-refractivity contribution in [3.8, 4) is 28.3 Å². The molecule has 0 spiro atoms. The van der Waals surface area contributed by atoms with Gasteiger partial charge in [-0.25, -0.2) is 0 Å². The zero-order valence-corrected chi connectivity index (χ0v) is 9.14. The second-order valence-electron chi connectivity index (χ2n) is 3.87. The van der Waals surface area contributed by atoms with E-state index in [1.54, 1.807) is 0 Å². The fourth-order valence-corrected chi connectivity index (χ4v) is 1.97. The molecule has 0 aliphatic rings. The Kier molecular flexibility index (Phi) is 2.22. The van der Waals surface area contributed by atoms with Crippen molar-refractivity contribution in [2.24, 2.45) is 0 Å². The SMILES string of the molecule is Oc1c(-c2ccc[nH]2)cccc1-c1ccc[nH]1. The van der Waals surface area contributed by atoms with Crippen molar-refractivity contribution in [2.75, 3.05) is 0 Å². The Morgan fingerprint density at radius 2 is 1.24 bits per heavy atom. The van der Waals surface area contributed by atoms with Crippen molar-refractivity contribution in [2.45, 2.75) is 0 Å². The first-order chi connectivity index (χ1) is 8.36. The Morgan fingerprint density at radius 1 is 0.706 bits per heavy atom. The van der Waals surface area contributed by atoms with Crippen LogP contribution in [-0.2, 0) is 0 Å². The van der Waals surface area contributed by atoms with Gasteiger partial charge < -0.3 is 15.1 Å². The molecule has 84 valence electrons. The minimum Gasteiger partial charge on any atom is -0.507 e. The van der Waals surface area contributed by atoms with Crippen LogP contribution in [0.15, 0.2) is 54.9 Å². The van der Waals surface area contributed by atoms with Crippen LogP contribution in [0.1, 0.15) is 0 Å². The molecule has 0 saturated carbocycles. The van der Waals surface area contributed by atoms with Crippen LogP contribution in [0, 0.1) is 0 Å². The van der Waals surface area contributed by atoms with Crippen molar-refractivity contribution in [3.63, 3.8) is 0 Å². The molecule has 0 amide bonds. The lowest BCUT2D eigenvalue weighted by molar-refractivity contribution is 0.479.